The summed E-state index contributed by atoms with van der Waals surface area (Å²) in [4.78, 5) is 0.592. The molecule has 0 aliphatic rings. The molecule has 3 rings (SSSR count). The maximum Gasteiger partial charge on any atom is 0.131 e. The monoisotopic (exact) mass is 293 g/mol. The van der Waals surface area contributed by atoms with Gasteiger partial charge in [0.05, 0.1) is 6.04 Å². The Morgan fingerprint density at radius 2 is 1.65 bits per heavy atom. The van der Waals surface area contributed by atoms with Gasteiger partial charge in [0, 0.05) is 15.1 Å². The van der Waals surface area contributed by atoms with Crippen LogP contribution >= 0.6 is 11.3 Å². The molecule has 2 aromatic carbocycles. The molecule has 0 aliphatic carbocycles. The van der Waals surface area contributed by atoms with E-state index in [4.69, 9.17) is 5.73 Å². The molecular formula is C15H10F3NS. The lowest BCUT2D eigenvalue weighted by Crippen LogP contribution is -2.14. The number of rotatable bonds is 2. The van der Waals surface area contributed by atoms with Gasteiger partial charge in [0.2, 0.25) is 0 Å². The number of fused-ring (bicyclic) bond motifs is 1. The molecule has 1 aromatic heterocycles. The Labute approximate surface area is 117 Å². The first kappa shape index (κ1) is 13.1. The van der Waals surface area contributed by atoms with Gasteiger partial charge in [0.25, 0.3) is 0 Å². The Balaban J connectivity index is 2.10. The Morgan fingerprint density at radius 1 is 0.950 bits per heavy atom. The van der Waals surface area contributed by atoms with Crippen LogP contribution in [-0.4, -0.2) is 0 Å². The summed E-state index contributed by atoms with van der Waals surface area (Å²) in [5, 5.41) is 0.678. The summed E-state index contributed by atoms with van der Waals surface area (Å²) in [6.07, 6.45) is 0. The summed E-state index contributed by atoms with van der Waals surface area (Å²) in [5.41, 5.74) is 5.79. The minimum Gasteiger partial charge on any atom is -0.319 e. The minimum atomic E-state index is -0.906. The van der Waals surface area contributed by atoms with Gasteiger partial charge < -0.3 is 5.73 Å². The summed E-state index contributed by atoms with van der Waals surface area (Å²) in [7, 11) is 0. The summed E-state index contributed by atoms with van der Waals surface area (Å²) in [6.45, 7) is 0. The Hall–Kier alpha value is -1.85. The molecule has 2 N–H and O–H groups in total. The molecule has 0 bridgehead atoms. The molecule has 0 radical (unpaired) electrons. The molecule has 1 heterocycles. The van der Waals surface area contributed by atoms with Crippen LogP contribution in [0.15, 0.2) is 42.5 Å². The lowest BCUT2D eigenvalue weighted by atomic mass is 10.0. The smallest absolute Gasteiger partial charge is 0.131 e. The molecule has 102 valence electrons. The van der Waals surface area contributed by atoms with Crippen molar-refractivity contribution in [2.24, 2.45) is 5.73 Å². The van der Waals surface area contributed by atoms with Gasteiger partial charge in [-0.05, 0) is 41.8 Å². The zero-order valence-corrected chi connectivity index (χ0v) is 11.1. The average molecular weight is 293 g/mol. The van der Waals surface area contributed by atoms with E-state index in [-0.39, 0.29) is 11.4 Å². The second-order valence-electron chi connectivity index (χ2n) is 4.44. The maximum absolute atomic E-state index is 13.7. The van der Waals surface area contributed by atoms with Crippen LogP contribution < -0.4 is 5.73 Å². The molecule has 20 heavy (non-hydrogen) atoms. The average Bonchev–Trinajstić information content (AvgIpc) is 2.81. The van der Waals surface area contributed by atoms with Crippen LogP contribution in [0.3, 0.4) is 0 Å². The van der Waals surface area contributed by atoms with E-state index in [1.165, 1.54) is 41.7 Å². The summed E-state index contributed by atoms with van der Waals surface area (Å²) >= 11 is 1.30. The van der Waals surface area contributed by atoms with E-state index in [9.17, 15) is 13.2 Å². The number of benzene rings is 2. The second-order valence-corrected chi connectivity index (χ2v) is 5.56. The highest BCUT2D eigenvalue weighted by Crippen LogP contribution is 2.34. The maximum atomic E-state index is 13.7. The van der Waals surface area contributed by atoms with Crippen molar-refractivity contribution in [1.82, 2.24) is 0 Å². The molecule has 0 saturated carbocycles. The first-order chi connectivity index (χ1) is 9.56. The van der Waals surface area contributed by atoms with Gasteiger partial charge in [0.1, 0.15) is 17.5 Å². The van der Waals surface area contributed by atoms with E-state index in [1.54, 1.807) is 12.1 Å². The molecule has 0 amide bonds. The predicted molar refractivity (Wildman–Crippen MR) is 74.2 cm³/mol. The molecular weight excluding hydrogens is 283 g/mol. The molecule has 0 spiro atoms. The summed E-state index contributed by atoms with van der Waals surface area (Å²) < 4.78 is 41.4. The van der Waals surface area contributed by atoms with Crippen LogP contribution in [0.25, 0.3) is 10.1 Å². The van der Waals surface area contributed by atoms with Crippen molar-refractivity contribution < 1.29 is 13.2 Å². The van der Waals surface area contributed by atoms with E-state index in [1.807, 2.05) is 0 Å². The fourth-order valence-corrected chi connectivity index (χ4v) is 3.19. The highest BCUT2D eigenvalue weighted by atomic mass is 32.1. The number of hydrogen-bond donors (Lipinski definition) is 1. The molecule has 0 aliphatic heterocycles. The Bertz CT molecular complexity index is 762. The number of thiophene rings is 1. The van der Waals surface area contributed by atoms with Crippen LogP contribution in [0.5, 0.6) is 0 Å². The quantitative estimate of drug-likeness (QED) is 0.746. The lowest BCUT2D eigenvalue weighted by molar-refractivity contribution is 0.545. The third-order valence-corrected chi connectivity index (χ3v) is 4.31. The zero-order chi connectivity index (χ0) is 14.3. The molecule has 0 fully saturated rings. The third kappa shape index (κ3) is 2.19. The van der Waals surface area contributed by atoms with Gasteiger partial charge in [-0.15, -0.1) is 11.3 Å². The van der Waals surface area contributed by atoms with Crippen molar-refractivity contribution in [1.29, 1.82) is 0 Å². The molecule has 1 unspecified atom stereocenters. The fourth-order valence-electron chi connectivity index (χ4n) is 2.14. The van der Waals surface area contributed by atoms with Gasteiger partial charge in [-0.2, -0.15) is 0 Å². The van der Waals surface area contributed by atoms with E-state index in [0.29, 0.717) is 10.3 Å². The van der Waals surface area contributed by atoms with Crippen molar-refractivity contribution in [3.05, 3.63) is 70.4 Å². The molecule has 5 heteroatoms. The van der Waals surface area contributed by atoms with Gasteiger partial charge in [-0.1, -0.05) is 6.07 Å². The van der Waals surface area contributed by atoms with Crippen LogP contribution in [0.2, 0.25) is 0 Å². The van der Waals surface area contributed by atoms with Gasteiger partial charge >= 0.3 is 0 Å². The molecule has 1 atom stereocenters. The van der Waals surface area contributed by atoms with Gasteiger partial charge in [-0.3, -0.25) is 0 Å². The zero-order valence-electron chi connectivity index (χ0n) is 10.2. The normalized spacial score (nSPS) is 12.8. The molecule has 0 saturated heterocycles. The predicted octanol–water partition coefficient (Wildman–Crippen LogP) is 4.37. The summed E-state index contributed by atoms with van der Waals surface area (Å²) in [6, 6.07) is 8.75. The number of halogens is 3. The van der Waals surface area contributed by atoms with Crippen LogP contribution in [0.1, 0.15) is 16.5 Å². The lowest BCUT2D eigenvalue weighted by Gasteiger charge is -2.11. The minimum absolute atomic E-state index is 0.167. The number of nitrogens with two attached hydrogens (primary N) is 1. The first-order valence-electron chi connectivity index (χ1n) is 5.95. The molecule has 3 aromatic rings. The number of hydrogen-bond acceptors (Lipinski definition) is 2. The van der Waals surface area contributed by atoms with Crippen LogP contribution in [-0.2, 0) is 0 Å². The van der Waals surface area contributed by atoms with Gasteiger partial charge in [0.15, 0.2) is 0 Å². The van der Waals surface area contributed by atoms with Crippen molar-refractivity contribution in [3.8, 4) is 0 Å². The van der Waals surface area contributed by atoms with Gasteiger partial charge in [-0.25, -0.2) is 13.2 Å². The Morgan fingerprint density at radius 3 is 2.35 bits per heavy atom. The highest BCUT2D eigenvalue weighted by Gasteiger charge is 2.20. The second kappa shape index (κ2) is 4.92. The van der Waals surface area contributed by atoms with Crippen LogP contribution in [0, 0.1) is 17.5 Å². The highest BCUT2D eigenvalue weighted by molar-refractivity contribution is 7.19. The van der Waals surface area contributed by atoms with Crippen molar-refractivity contribution >= 4 is 21.4 Å². The Kier molecular flexibility index (Phi) is 3.23. The van der Waals surface area contributed by atoms with Crippen molar-refractivity contribution in [2.45, 2.75) is 6.04 Å². The molecule has 1 nitrogen and oxygen atoms in total. The SMILES string of the molecule is NC(c1cc2cc(F)ccc2s1)c1c(F)cccc1F. The third-order valence-electron chi connectivity index (χ3n) is 3.11. The largest absolute Gasteiger partial charge is 0.319 e. The first-order valence-corrected chi connectivity index (χ1v) is 6.76. The van der Waals surface area contributed by atoms with E-state index >= 15 is 0 Å². The standard InChI is InChI=1S/C15H10F3NS/c16-9-4-5-12-8(6-9)7-13(20-12)15(19)14-10(17)2-1-3-11(14)18/h1-7,15H,19H2. The van der Waals surface area contributed by atoms with E-state index in [0.717, 1.165) is 4.70 Å². The van der Waals surface area contributed by atoms with E-state index in [2.05, 4.69) is 0 Å². The van der Waals surface area contributed by atoms with E-state index < -0.39 is 17.7 Å². The topological polar surface area (TPSA) is 26.0 Å². The van der Waals surface area contributed by atoms with Crippen LogP contribution in [0.4, 0.5) is 13.2 Å². The fraction of sp³-hybridized carbons (Fsp3) is 0.0667. The van der Waals surface area contributed by atoms with Crippen molar-refractivity contribution in [2.75, 3.05) is 0 Å². The van der Waals surface area contributed by atoms with Crippen molar-refractivity contribution in [3.63, 3.8) is 0 Å². The summed E-state index contributed by atoms with van der Waals surface area (Å²) in [5.74, 6) is -1.71.